The fraction of sp³-hybridized carbons (Fsp3) is 0.100. The molecule has 0 aliphatic rings. The van der Waals surface area contributed by atoms with Gasteiger partial charge in [0, 0.05) is 0 Å². The summed E-state index contributed by atoms with van der Waals surface area (Å²) in [5, 5.41) is 9.53. The molecular formula is C10H9NOS. The van der Waals surface area contributed by atoms with Gasteiger partial charge in [0.2, 0.25) is 0 Å². The van der Waals surface area contributed by atoms with Crippen LogP contribution < -0.4 is 0 Å². The number of para-hydroxylation sites is 1. The lowest BCUT2D eigenvalue weighted by Crippen LogP contribution is -1.71. The monoisotopic (exact) mass is 191 g/mol. The van der Waals surface area contributed by atoms with E-state index in [1.165, 1.54) is 4.70 Å². The molecule has 0 saturated carbocycles. The lowest BCUT2D eigenvalue weighted by molar-refractivity contribution is 0.343. The normalized spacial score (nSPS) is 11.5. The molecule has 0 spiro atoms. The van der Waals surface area contributed by atoms with Crippen LogP contribution in [0.25, 0.3) is 16.3 Å². The molecule has 0 aliphatic carbocycles. The number of aliphatic hydroxyl groups is 1. The Morgan fingerprint density at radius 2 is 2.23 bits per heavy atom. The van der Waals surface area contributed by atoms with E-state index < -0.39 is 0 Å². The third-order valence-corrected chi connectivity index (χ3v) is 2.68. The molecule has 0 bridgehead atoms. The summed E-state index contributed by atoms with van der Waals surface area (Å²) in [6, 6.07) is 8.01. The van der Waals surface area contributed by atoms with Crippen LogP contribution in [0.5, 0.6) is 0 Å². The first-order valence-corrected chi connectivity index (χ1v) is 4.85. The molecule has 0 radical (unpaired) electrons. The fourth-order valence-corrected chi connectivity index (χ4v) is 2.01. The van der Waals surface area contributed by atoms with Crippen LogP contribution in [-0.4, -0.2) is 16.7 Å². The molecule has 1 N–H and O–H groups in total. The first-order chi connectivity index (χ1) is 6.40. The minimum Gasteiger partial charge on any atom is -0.392 e. The van der Waals surface area contributed by atoms with Crippen molar-refractivity contribution < 1.29 is 5.11 Å². The Labute approximate surface area is 80.2 Å². The van der Waals surface area contributed by atoms with Gasteiger partial charge in [-0.3, -0.25) is 0 Å². The van der Waals surface area contributed by atoms with Gasteiger partial charge < -0.3 is 5.11 Å². The summed E-state index contributed by atoms with van der Waals surface area (Å²) in [5.74, 6) is 0. The number of rotatable bonds is 2. The molecule has 66 valence electrons. The van der Waals surface area contributed by atoms with Gasteiger partial charge in [-0.15, -0.1) is 11.3 Å². The van der Waals surface area contributed by atoms with E-state index in [4.69, 9.17) is 5.11 Å². The van der Waals surface area contributed by atoms with E-state index in [0.29, 0.717) is 0 Å². The van der Waals surface area contributed by atoms with E-state index >= 15 is 0 Å². The van der Waals surface area contributed by atoms with Crippen molar-refractivity contribution in [2.45, 2.75) is 0 Å². The van der Waals surface area contributed by atoms with Gasteiger partial charge in [-0.25, -0.2) is 4.98 Å². The highest BCUT2D eigenvalue weighted by atomic mass is 32.1. The molecule has 13 heavy (non-hydrogen) atoms. The summed E-state index contributed by atoms with van der Waals surface area (Å²) in [6.45, 7) is 0.0654. The zero-order chi connectivity index (χ0) is 9.10. The number of fused-ring (bicyclic) bond motifs is 1. The molecule has 2 aromatic rings. The molecule has 0 atom stereocenters. The molecule has 1 aromatic heterocycles. The highest BCUT2D eigenvalue weighted by molar-refractivity contribution is 7.19. The van der Waals surface area contributed by atoms with Gasteiger partial charge in [-0.2, -0.15) is 0 Å². The number of hydrogen-bond acceptors (Lipinski definition) is 3. The second-order valence-electron chi connectivity index (χ2n) is 2.60. The van der Waals surface area contributed by atoms with Crippen LogP contribution in [0.15, 0.2) is 30.3 Å². The van der Waals surface area contributed by atoms with Gasteiger partial charge in [0.15, 0.2) is 0 Å². The van der Waals surface area contributed by atoms with E-state index in [2.05, 4.69) is 4.98 Å². The summed E-state index contributed by atoms with van der Waals surface area (Å²) in [7, 11) is 0. The minimum atomic E-state index is 0.0654. The number of aromatic nitrogens is 1. The molecule has 0 amide bonds. The van der Waals surface area contributed by atoms with E-state index in [9.17, 15) is 0 Å². The Balaban J connectivity index is 2.44. The maximum Gasteiger partial charge on any atom is 0.117 e. The first-order valence-electron chi connectivity index (χ1n) is 4.03. The number of thiazole rings is 1. The Morgan fingerprint density at radius 3 is 3.00 bits per heavy atom. The number of hydrogen-bond donors (Lipinski definition) is 1. The quantitative estimate of drug-likeness (QED) is 0.790. The molecule has 3 heteroatoms. The van der Waals surface area contributed by atoms with Crippen molar-refractivity contribution in [3.8, 4) is 0 Å². The van der Waals surface area contributed by atoms with Crippen molar-refractivity contribution >= 4 is 27.6 Å². The van der Waals surface area contributed by atoms with Crippen LogP contribution in [0, 0.1) is 0 Å². The Morgan fingerprint density at radius 1 is 1.38 bits per heavy atom. The van der Waals surface area contributed by atoms with Crippen LogP contribution >= 0.6 is 11.3 Å². The van der Waals surface area contributed by atoms with Crippen LogP contribution in [-0.2, 0) is 0 Å². The van der Waals surface area contributed by atoms with Crippen LogP contribution in [0.3, 0.4) is 0 Å². The predicted octanol–water partition coefficient (Wildman–Crippen LogP) is 2.30. The van der Waals surface area contributed by atoms with Gasteiger partial charge >= 0.3 is 0 Å². The van der Waals surface area contributed by atoms with E-state index in [1.807, 2.05) is 30.3 Å². The van der Waals surface area contributed by atoms with Gasteiger partial charge in [0.1, 0.15) is 5.01 Å². The van der Waals surface area contributed by atoms with E-state index in [-0.39, 0.29) is 6.61 Å². The van der Waals surface area contributed by atoms with Gasteiger partial charge in [0.05, 0.1) is 16.8 Å². The summed E-state index contributed by atoms with van der Waals surface area (Å²) in [6.07, 6.45) is 3.53. The second kappa shape index (κ2) is 3.68. The van der Waals surface area contributed by atoms with E-state index in [1.54, 1.807) is 17.4 Å². The maximum atomic E-state index is 8.59. The summed E-state index contributed by atoms with van der Waals surface area (Å²) in [5.41, 5.74) is 1.02. The molecule has 2 rings (SSSR count). The number of aliphatic hydroxyl groups excluding tert-OH is 1. The van der Waals surface area contributed by atoms with Crippen molar-refractivity contribution in [3.05, 3.63) is 35.3 Å². The van der Waals surface area contributed by atoms with Crippen LogP contribution in [0.2, 0.25) is 0 Å². The molecule has 0 saturated heterocycles. The Hall–Kier alpha value is -1.19. The topological polar surface area (TPSA) is 33.1 Å². The van der Waals surface area contributed by atoms with Gasteiger partial charge in [0.25, 0.3) is 0 Å². The molecule has 1 aromatic carbocycles. The highest BCUT2D eigenvalue weighted by Crippen LogP contribution is 2.22. The molecule has 0 fully saturated rings. The molecular weight excluding hydrogens is 182 g/mol. The zero-order valence-electron chi connectivity index (χ0n) is 6.97. The largest absolute Gasteiger partial charge is 0.392 e. The average Bonchev–Trinajstić information content (AvgIpc) is 2.57. The summed E-state index contributed by atoms with van der Waals surface area (Å²) in [4.78, 5) is 4.37. The van der Waals surface area contributed by atoms with Crippen LogP contribution in [0.1, 0.15) is 5.01 Å². The number of nitrogens with zero attached hydrogens (tertiary/aromatic N) is 1. The average molecular weight is 191 g/mol. The highest BCUT2D eigenvalue weighted by Gasteiger charge is 1.98. The lowest BCUT2D eigenvalue weighted by atomic mass is 10.3. The SMILES string of the molecule is OCC=Cc1nc2ccccc2s1. The van der Waals surface area contributed by atoms with Gasteiger partial charge in [-0.05, 0) is 18.2 Å². The van der Waals surface area contributed by atoms with Crippen molar-refractivity contribution in [3.63, 3.8) is 0 Å². The summed E-state index contributed by atoms with van der Waals surface area (Å²) >= 11 is 1.63. The lowest BCUT2D eigenvalue weighted by Gasteiger charge is -1.80. The predicted molar refractivity (Wildman–Crippen MR) is 55.7 cm³/mol. The maximum absolute atomic E-state index is 8.59. The zero-order valence-corrected chi connectivity index (χ0v) is 7.79. The third-order valence-electron chi connectivity index (χ3n) is 1.68. The van der Waals surface area contributed by atoms with Crippen molar-refractivity contribution in [2.24, 2.45) is 0 Å². The third kappa shape index (κ3) is 1.76. The molecule has 1 heterocycles. The Kier molecular flexibility index (Phi) is 2.38. The van der Waals surface area contributed by atoms with Crippen molar-refractivity contribution in [1.82, 2.24) is 4.98 Å². The van der Waals surface area contributed by atoms with E-state index in [0.717, 1.165) is 10.5 Å². The summed E-state index contributed by atoms with van der Waals surface area (Å²) < 4.78 is 1.18. The molecule has 0 unspecified atom stereocenters. The minimum absolute atomic E-state index is 0.0654. The number of benzene rings is 1. The van der Waals surface area contributed by atoms with Gasteiger partial charge in [-0.1, -0.05) is 18.2 Å². The smallest absolute Gasteiger partial charge is 0.117 e. The molecule has 2 nitrogen and oxygen atoms in total. The van der Waals surface area contributed by atoms with Crippen molar-refractivity contribution in [1.29, 1.82) is 0 Å². The van der Waals surface area contributed by atoms with Crippen molar-refractivity contribution in [2.75, 3.05) is 6.61 Å². The second-order valence-corrected chi connectivity index (χ2v) is 3.67. The molecule has 0 aliphatic heterocycles. The van der Waals surface area contributed by atoms with Crippen LogP contribution in [0.4, 0.5) is 0 Å². The standard InChI is InChI=1S/C10H9NOS/c12-7-3-6-10-11-8-4-1-2-5-9(8)13-10/h1-6,12H,7H2. The fourth-order valence-electron chi connectivity index (χ4n) is 1.11. The first kappa shape index (κ1) is 8.41. The Bertz CT molecular complexity index is 400.